The van der Waals surface area contributed by atoms with E-state index in [4.69, 9.17) is 10.5 Å². The Bertz CT molecular complexity index is 567. The van der Waals surface area contributed by atoms with Gasteiger partial charge in [-0.25, -0.2) is 4.98 Å². The molecule has 20 heavy (non-hydrogen) atoms. The molecular formula is C15H23N3OS. The predicted octanol–water partition coefficient (Wildman–Crippen LogP) is 3.72. The molecule has 110 valence electrons. The van der Waals surface area contributed by atoms with Gasteiger partial charge in [-0.15, -0.1) is 0 Å². The third-order valence-corrected chi connectivity index (χ3v) is 4.00. The van der Waals surface area contributed by atoms with Crippen molar-refractivity contribution in [1.29, 1.82) is 0 Å². The molecule has 0 saturated carbocycles. The molecule has 0 saturated heterocycles. The van der Waals surface area contributed by atoms with Gasteiger partial charge in [0.2, 0.25) is 5.95 Å². The fraction of sp³-hybridized carbons (Fsp3) is 0.533. The predicted molar refractivity (Wildman–Crippen MR) is 87.6 cm³/mol. The fourth-order valence-electron chi connectivity index (χ4n) is 2.32. The van der Waals surface area contributed by atoms with Crippen molar-refractivity contribution in [2.24, 2.45) is 0 Å². The molecule has 1 atom stereocenters. The summed E-state index contributed by atoms with van der Waals surface area (Å²) in [6, 6.07) is 6.37. The third-order valence-electron chi connectivity index (χ3n) is 3.35. The summed E-state index contributed by atoms with van der Waals surface area (Å²) < 4.78 is 7.88. The number of ether oxygens (including phenoxy) is 1. The zero-order valence-corrected chi connectivity index (χ0v) is 13.2. The number of para-hydroxylation sites is 1. The number of hydrogen-bond donors (Lipinski definition) is 1. The number of thioether (sulfide) groups is 1. The van der Waals surface area contributed by atoms with Crippen molar-refractivity contribution in [2.45, 2.75) is 32.7 Å². The highest BCUT2D eigenvalue weighted by Gasteiger charge is 2.16. The molecule has 4 nitrogen and oxygen atoms in total. The van der Waals surface area contributed by atoms with Crippen LogP contribution >= 0.6 is 11.8 Å². The van der Waals surface area contributed by atoms with Crippen LogP contribution in [0.3, 0.4) is 0 Å². The number of imidazole rings is 1. The van der Waals surface area contributed by atoms with Crippen LogP contribution in [0.4, 0.5) is 5.95 Å². The lowest BCUT2D eigenvalue weighted by molar-refractivity contribution is 0.320. The highest BCUT2D eigenvalue weighted by atomic mass is 32.2. The molecule has 0 spiro atoms. The summed E-state index contributed by atoms with van der Waals surface area (Å²) in [6.07, 6.45) is 4.19. The average Bonchev–Trinajstić information content (AvgIpc) is 2.79. The Morgan fingerprint density at radius 1 is 1.45 bits per heavy atom. The van der Waals surface area contributed by atoms with Crippen LogP contribution in [0.5, 0.6) is 5.75 Å². The number of nitrogens with zero attached hydrogens (tertiary/aromatic N) is 2. The van der Waals surface area contributed by atoms with Crippen molar-refractivity contribution in [2.75, 3.05) is 24.3 Å². The maximum Gasteiger partial charge on any atom is 0.201 e. The molecular weight excluding hydrogens is 270 g/mol. The van der Waals surface area contributed by atoms with E-state index in [0.717, 1.165) is 35.4 Å². The number of anilines is 1. The number of nitrogens with two attached hydrogens (primary N) is 1. The van der Waals surface area contributed by atoms with Crippen LogP contribution in [-0.2, 0) is 0 Å². The first-order chi connectivity index (χ1) is 9.69. The molecule has 2 rings (SSSR count). The molecule has 0 aliphatic rings. The first kappa shape index (κ1) is 15.0. The van der Waals surface area contributed by atoms with Gasteiger partial charge < -0.3 is 15.0 Å². The topological polar surface area (TPSA) is 53.1 Å². The number of rotatable bonds is 7. The Morgan fingerprint density at radius 2 is 2.25 bits per heavy atom. The van der Waals surface area contributed by atoms with Gasteiger partial charge in [-0.3, -0.25) is 0 Å². The minimum absolute atomic E-state index is 0.342. The van der Waals surface area contributed by atoms with Gasteiger partial charge in [0.15, 0.2) is 0 Å². The van der Waals surface area contributed by atoms with Gasteiger partial charge in [-0.2, -0.15) is 11.8 Å². The molecule has 0 aliphatic heterocycles. The SMILES string of the molecule is CCCOc1cccc2c1nc(N)n2C(C)CCSC. The monoisotopic (exact) mass is 293 g/mol. The zero-order valence-electron chi connectivity index (χ0n) is 12.4. The summed E-state index contributed by atoms with van der Waals surface area (Å²) in [4.78, 5) is 4.50. The van der Waals surface area contributed by atoms with Crippen molar-refractivity contribution in [1.82, 2.24) is 9.55 Å². The van der Waals surface area contributed by atoms with Crippen molar-refractivity contribution in [3.8, 4) is 5.75 Å². The molecule has 2 N–H and O–H groups in total. The van der Waals surface area contributed by atoms with E-state index >= 15 is 0 Å². The largest absolute Gasteiger partial charge is 0.491 e. The molecule has 1 heterocycles. The van der Waals surface area contributed by atoms with Crippen LogP contribution in [-0.4, -0.2) is 28.2 Å². The molecule has 2 aromatic rings. The van der Waals surface area contributed by atoms with Crippen molar-refractivity contribution in [3.05, 3.63) is 18.2 Å². The lowest BCUT2D eigenvalue weighted by Gasteiger charge is -2.15. The Hall–Kier alpha value is -1.36. The standard InChI is InChI=1S/C15H23N3OS/c1-4-9-19-13-7-5-6-12-14(13)17-15(16)18(12)11(2)8-10-20-3/h5-7,11H,4,8-10H2,1-3H3,(H2,16,17). The van der Waals surface area contributed by atoms with Crippen molar-refractivity contribution in [3.63, 3.8) is 0 Å². The van der Waals surface area contributed by atoms with Gasteiger partial charge in [0, 0.05) is 6.04 Å². The van der Waals surface area contributed by atoms with Gasteiger partial charge in [0.1, 0.15) is 11.3 Å². The van der Waals surface area contributed by atoms with E-state index in [-0.39, 0.29) is 0 Å². The van der Waals surface area contributed by atoms with Gasteiger partial charge in [0.05, 0.1) is 12.1 Å². The van der Waals surface area contributed by atoms with E-state index in [1.165, 1.54) is 0 Å². The Balaban J connectivity index is 2.38. The molecule has 1 aromatic heterocycles. The second-order valence-corrected chi connectivity index (χ2v) is 5.93. The summed E-state index contributed by atoms with van der Waals surface area (Å²) >= 11 is 1.85. The summed E-state index contributed by atoms with van der Waals surface area (Å²) in [6.45, 7) is 4.98. The van der Waals surface area contributed by atoms with Crippen molar-refractivity contribution >= 4 is 28.7 Å². The Labute approximate surface area is 124 Å². The summed E-state index contributed by atoms with van der Waals surface area (Å²) in [5, 5.41) is 0. The highest BCUT2D eigenvalue weighted by Crippen LogP contribution is 2.30. The van der Waals surface area contributed by atoms with Gasteiger partial charge in [-0.05, 0) is 43.9 Å². The van der Waals surface area contributed by atoms with Crippen LogP contribution in [0.25, 0.3) is 11.0 Å². The average molecular weight is 293 g/mol. The number of nitrogen functional groups attached to an aromatic ring is 1. The molecule has 0 aliphatic carbocycles. The van der Waals surface area contributed by atoms with E-state index in [1.54, 1.807) is 0 Å². The number of benzene rings is 1. The van der Waals surface area contributed by atoms with Gasteiger partial charge >= 0.3 is 0 Å². The van der Waals surface area contributed by atoms with E-state index in [1.807, 2.05) is 23.9 Å². The number of fused-ring (bicyclic) bond motifs is 1. The normalized spacial score (nSPS) is 12.8. The highest BCUT2D eigenvalue weighted by molar-refractivity contribution is 7.98. The number of aromatic nitrogens is 2. The van der Waals surface area contributed by atoms with E-state index < -0.39 is 0 Å². The zero-order chi connectivity index (χ0) is 14.5. The van der Waals surface area contributed by atoms with E-state index in [2.05, 4.69) is 35.7 Å². The number of hydrogen-bond acceptors (Lipinski definition) is 4. The summed E-state index contributed by atoms with van der Waals surface area (Å²) in [5.41, 5.74) is 8.04. The third kappa shape index (κ3) is 3.03. The minimum atomic E-state index is 0.342. The maximum absolute atomic E-state index is 6.11. The first-order valence-electron chi connectivity index (χ1n) is 7.07. The van der Waals surface area contributed by atoms with E-state index in [0.29, 0.717) is 18.6 Å². The molecule has 0 amide bonds. The smallest absolute Gasteiger partial charge is 0.201 e. The van der Waals surface area contributed by atoms with Crippen LogP contribution in [0.2, 0.25) is 0 Å². The van der Waals surface area contributed by atoms with Crippen LogP contribution < -0.4 is 10.5 Å². The lowest BCUT2D eigenvalue weighted by atomic mass is 10.2. The Morgan fingerprint density at radius 3 is 2.95 bits per heavy atom. The van der Waals surface area contributed by atoms with Crippen LogP contribution in [0, 0.1) is 0 Å². The molecule has 1 unspecified atom stereocenters. The molecule has 0 fully saturated rings. The summed E-state index contributed by atoms with van der Waals surface area (Å²) in [5.74, 6) is 2.51. The first-order valence-corrected chi connectivity index (χ1v) is 8.46. The minimum Gasteiger partial charge on any atom is -0.491 e. The Kier molecular flexibility index (Phi) is 5.17. The van der Waals surface area contributed by atoms with Crippen molar-refractivity contribution < 1.29 is 4.74 Å². The summed E-state index contributed by atoms with van der Waals surface area (Å²) in [7, 11) is 0. The fourth-order valence-corrected chi connectivity index (χ4v) is 2.90. The second kappa shape index (κ2) is 6.88. The molecule has 0 radical (unpaired) electrons. The maximum atomic E-state index is 6.11. The van der Waals surface area contributed by atoms with Crippen LogP contribution in [0.1, 0.15) is 32.7 Å². The van der Waals surface area contributed by atoms with E-state index in [9.17, 15) is 0 Å². The molecule has 0 bridgehead atoms. The van der Waals surface area contributed by atoms with Crippen LogP contribution in [0.15, 0.2) is 18.2 Å². The molecule has 1 aromatic carbocycles. The quantitative estimate of drug-likeness (QED) is 0.845. The van der Waals surface area contributed by atoms with Gasteiger partial charge in [0.25, 0.3) is 0 Å². The second-order valence-electron chi connectivity index (χ2n) is 4.94. The lowest BCUT2D eigenvalue weighted by Crippen LogP contribution is -2.09. The van der Waals surface area contributed by atoms with Gasteiger partial charge in [-0.1, -0.05) is 13.0 Å². The molecule has 5 heteroatoms.